The molecule has 0 bridgehead atoms. The van der Waals surface area contributed by atoms with Gasteiger partial charge in [-0.1, -0.05) is 12.1 Å². The van der Waals surface area contributed by atoms with Crippen LogP contribution in [0.5, 0.6) is 0 Å². The summed E-state index contributed by atoms with van der Waals surface area (Å²) in [7, 11) is 0. The van der Waals surface area contributed by atoms with Gasteiger partial charge >= 0.3 is 0 Å². The van der Waals surface area contributed by atoms with Gasteiger partial charge in [-0.05, 0) is 48.2 Å². The van der Waals surface area contributed by atoms with E-state index in [1.165, 1.54) is 17.1 Å². The van der Waals surface area contributed by atoms with Gasteiger partial charge in [0, 0.05) is 0 Å². The van der Waals surface area contributed by atoms with Crippen molar-refractivity contribution in [1.29, 1.82) is 0 Å². The van der Waals surface area contributed by atoms with Crippen LogP contribution >= 0.6 is 11.8 Å². The zero-order valence-corrected chi connectivity index (χ0v) is 16.0. The molecule has 0 N–H and O–H groups in total. The molecule has 0 fully saturated rings. The van der Waals surface area contributed by atoms with Crippen LogP contribution in [0.1, 0.15) is 11.5 Å². The number of benzene rings is 1. The lowest BCUT2D eigenvalue weighted by atomic mass is 10.3. The zero-order chi connectivity index (χ0) is 20.2. The predicted octanol–water partition coefficient (Wildman–Crippen LogP) is 4.77. The van der Waals surface area contributed by atoms with Gasteiger partial charge in [0.25, 0.3) is 5.76 Å². The number of alkyl halides is 2. The molecule has 0 saturated heterocycles. The second-order valence-corrected chi connectivity index (χ2v) is 7.21. The van der Waals surface area contributed by atoms with Crippen LogP contribution in [0.15, 0.2) is 75.0 Å². The van der Waals surface area contributed by atoms with E-state index in [1.54, 1.807) is 53.4 Å². The molecule has 3 aromatic heterocycles. The van der Waals surface area contributed by atoms with Gasteiger partial charge < -0.3 is 18.3 Å². The molecule has 4 aromatic rings. The number of furan rings is 2. The van der Waals surface area contributed by atoms with E-state index in [9.17, 15) is 13.6 Å². The Morgan fingerprint density at radius 2 is 1.69 bits per heavy atom. The molecule has 150 valence electrons. The first kappa shape index (κ1) is 19.3. The number of fused-ring (bicyclic) bond motifs is 1. The van der Waals surface area contributed by atoms with E-state index in [0.717, 1.165) is 0 Å². The lowest BCUT2D eigenvalue weighted by molar-refractivity contribution is -0.133. The fourth-order valence-corrected chi connectivity index (χ4v) is 3.63. The van der Waals surface area contributed by atoms with Crippen molar-refractivity contribution in [3.63, 3.8) is 0 Å². The molecule has 3 heterocycles. The van der Waals surface area contributed by atoms with Crippen molar-refractivity contribution in [2.45, 2.75) is 30.5 Å². The summed E-state index contributed by atoms with van der Waals surface area (Å²) in [6, 6.07) is 14.1. The van der Waals surface area contributed by atoms with Gasteiger partial charge in [0.05, 0.1) is 36.6 Å². The van der Waals surface area contributed by atoms with Gasteiger partial charge in [0.1, 0.15) is 18.1 Å². The highest BCUT2D eigenvalue weighted by Crippen LogP contribution is 2.28. The third-order valence-electron chi connectivity index (χ3n) is 4.31. The molecule has 0 aliphatic carbocycles. The standard InChI is InChI=1S/C20H17F2N3O3S/c21-19(22)29-20-23-16-7-1-2-8-17(16)25(20)13-18(26)24(11-14-5-3-9-27-14)12-15-6-4-10-28-15/h1-10,19H,11-13H2. The Bertz CT molecular complexity index is 1040. The minimum atomic E-state index is -2.64. The number of hydrogen-bond donors (Lipinski definition) is 0. The van der Waals surface area contributed by atoms with E-state index in [0.29, 0.717) is 34.3 Å². The Balaban J connectivity index is 1.62. The molecule has 0 aliphatic rings. The molecule has 0 saturated carbocycles. The Hall–Kier alpha value is -3.07. The van der Waals surface area contributed by atoms with Crippen molar-refractivity contribution < 1.29 is 22.4 Å². The van der Waals surface area contributed by atoms with Gasteiger partial charge in [0.2, 0.25) is 5.91 Å². The predicted molar refractivity (Wildman–Crippen MR) is 103 cm³/mol. The summed E-state index contributed by atoms with van der Waals surface area (Å²) in [4.78, 5) is 19.0. The van der Waals surface area contributed by atoms with Crippen molar-refractivity contribution in [1.82, 2.24) is 14.5 Å². The van der Waals surface area contributed by atoms with Crippen LogP contribution in [-0.2, 0) is 24.4 Å². The zero-order valence-electron chi connectivity index (χ0n) is 15.2. The molecule has 4 rings (SSSR count). The number of aromatic nitrogens is 2. The molecule has 0 aliphatic heterocycles. The molecule has 0 radical (unpaired) electrons. The van der Waals surface area contributed by atoms with Crippen LogP contribution in [0, 0.1) is 0 Å². The van der Waals surface area contributed by atoms with Gasteiger partial charge in [0.15, 0.2) is 5.16 Å². The molecule has 9 heteroatoms. The summed E-state index contributed by atoms with van der Waals surface area (Å²) in [5, 5.41) is 0.102. The number of carbonyl (C=O) groups is 1. The second kappa shape index (κ2) is 8.52. The normalized spacial score (nSPS) is 11.4. The Morgan fingerprint density at radius 1 is 1.03 bits per heavy atom. The first-order chi connectivity index (χ1) is 14.1. The molecule has 1 amide bonds. The number of nitrogens with zero attached hydrogens (tertiary/aromatic N) is 3. The first-order valence-electron chi connectivity index (χ1n) is 8.83. The van der Waals surface area contributed by atoms with Crippen molar-refractivity contribution in [3.8, 4) is 0 Å². The number of hydrogen-bond acceptors (Lipinski definition) is 5. The van der Waals surface area contributed by atoms with Crippen LogP contribution in [0.4, 0.5) is 8.78 Å². The highest BCUT2D eigenvalue weighted by atomic mass is 32.2. The number of para-hydroxylation sites is 2. The number of thioether (sulfide) groups is 1. The molecule has 0 atom stereocenters. The van der Waals surface area contributed by atoms with Crippen LogP contribution < -0.4 is 0 Å². The third-order valence-corrected chi connectivity index (χ3v) is 5.01. The van der Waals surface area contributed by atoms with Crippen molar-refractivity contribution >= 4 is 28.7 Å². The topological polar surface area (TPSA) is 64.4 Å². The maximum absolute atomic E-state index is 13.1. The SMILES string of the molecule is O=C(Cn1c(SC(F)F)nc2ccccc21)N(Cc1ccco1)Cc1ccco1. The minimum absolute atomic E-state index is 0.102. The number of imidazole rings is 1. The molecular weight excluding hydrogens is 400 g/mol. The van der Waals surface area contributed by atoms with E-state index >= 15 is 0 Å². The van der Waals surface area contributed by atoms with E-state index in [4.69, 9.17) is 8.83 Å². The summed E-state index contributed by atoms with van der Waals surface area (Å²) >= 11 is 0.326. The van der Waals surface area contributed by atoms with Crippen molar-refractivity contribution in [2.75, 3.05) is 0 Å². The van der Waals surface area contributed by atoms with Crippen LogP contribution in [0.3, 0.4) is 0 Å². The Morgan fingerprint density at radius 3 is 2.28 bits per heavy atom. The van der Waals surface area contributed by atoms with Crippen LogP contribution in [-0.4, -0.2) is 26.1 Å². The molecule has 29 heavy (non-hydrogen) atoms. The van der Waals surface area contributed by atoms with E-state index < -0.39 is 5.76 Å². The first-order valence-corrected chi connectivity index (χ1v) is 9.71. The second-order valence-electron chi connectivity index (χ2n) is 6.26. The van der Waals surface area contributed by atoms with Gasteiger partial charge in [-0.15, -0.1) is 0 Å². The number of carbonyl (C=O) groups excluding carboxylic acids is 1. The van der Waals surface area contributed by atoms with E-state index in [2.05, 4.69) is 4.98 Å². The summed E-state index contributed by atoms with van der Waals surface area (Å²) in [5.41, 5.74) is 1.19. The Labute approximate surface area is 169 Å². The van der Waals surface area contributed by atoms with Crippen molar-refractivity contribution in [3.05, 3.63) is 72.6 Å². The highest BCUT2D eigenvalue weighted by molar-refractivity contribution is 7.99. The smallest absolute Gasteiger partial charge is 0.291 e. The molecule has 0 spiro atoms. The maximum Gasteiger partial charge on any atom is 0.291 e. The Kier molecular flexibility index (Phi) is 5.66. The number of amides is 1. The summed E-state index contributed by atoms with van der Waals surface area (Å²) in [5.74, 6) is -1.68. The number of halogens is 2. The minimum Gasteiger partial charge on any atom is -0.467 e. The average molecular weight is 417 g/mol. The summed E-state index contributed by atoms with van der Waals surface area (Å²) < 4.78 is 38.3. The molecular formula is C20H17F2N3O3S. The average Bonchev–Trinajstić information content (AvgIpc) is 3.44. The number of rotatable bonds is 8. The molecule has 0 unspecified atom stereocenters. The lowest BCUT2D eigenvalue weighted by Gasteiger charge is -2.21. The summed E-state index contributed by atoms with van der Waals surface area (Å²) in [6.07, 6.45) is 3.07. The highest BCUT2D eigenvalue weighted by Gasteiger charge is 2.22. The monoisotopic (exact) mass is 417 g/mol. The fourth-order valence-electron chi connectivity index (χ4n) is 3.02. The largest absolute Gasteiger partial charge is 0.467 e. The van der Waals surface area contributed by atoms with E-state index in [-0.39, 0.29) is 30.7 Å². The van der Waals surface area contributed by atoms with Crippen LogP contribution in [0.25, 0.3) is 11.0 Å². The maximum atomic E-state index is 13.1. The fraction of sp³-hybridized carbons (Fsp3) is 0.200. The van der Waals surface area contributed by atoms with Gasteiger partial charge in [-0.3, -0.25) is 4.79 Å². The lowest BCUT2D eigenvalue weighted by Crippen LogP contribution is -2.33. The van der Waals surface area contributed by atoms with Crippen LogP contribution in [0.2, 0.25) is 0 Å². The quantitative estimate of drug-likeness (QED) is 0.387. The van der Waals surface area contributed by atoms with E-state index in [1.807, 2.05) is 0 Å². The summed E-state index contributed by atoms with van der Waals surface area (Å²) in [6.45, 7) is 0.337. The van der Waals surface area contributed by atoms with Gasteiger partial charge in [-0.25, -0.2) is 4.98 Å². The molecule has 1 aromatic carbocycles. The van der Waals surface area contributed by atoms with Crippen molar-refractivity contribution in [2.24, 2.45) is 0 Å². The third kappa shape index (κ3) is 4.51. The molecule has 6 nitrogen and oxygen atoms in total. The van der Waals surface area contributed by atoms with Gasteiger partial charge in [-0.2, -0.15) is 8.78 Å².